The quantitative estimate of drug-likeness (QED) is 0.418. The van der Waals surface area contributed by atoms with Gasteiger partial charge >= 0.3 is 5.97 Å². The maximum Gasteiger partial charge on any atom is 0.339 e. The molecule has 0 saturated heterocycles. The molecule has 4 aromatic rings. The average Bonchev–Trinajstić information content (AvgIpc) is 3.26. The molecule has 1 amide bonds. The lowest BCUT2D eigenvalue weighted by molar-refractivity contribution is -0.116. The van der Waals surface area contributed by atoms with E-state index in [9.17, 15) is 14.4 Å². The highest BCUT2D eigenvalue weighted by atomic mass is 79.9. The topological polar surface area (TPSA) is 81.8 Å². The molecule has 0 aliphatic carbocycles. The lowest BCUT2D eigenvalue weighted by Gasteiger charge is -2.13. The van der Waals surface area contributed by atoms with Crippen molar-refractivity contribution in [2.75, 3.05) is 12.4 Å². The van der Waals surface area contributed by atoms with E-state index in [0.717, 1.165) is 15.5 Å². The van der Waals surface area contributed by atoms with Gasteiger partial charge in [0, 0.05) is 23.6 Å². The molecule has 2 aromatic heterocycles. The summed E-state index contributed by atoms with van der Waals surface area (Å²) in [6.45, 7) is 0.388. The van der Waals surface area contributed by atoms with E-state index in [1.54, 1.807) is 34.9 Å². The van der Waals surface area contributed by atoms with Crippen molar-refractivity contribution in [3.05, 3.63) is 81.2 Å². The van der Waals surface area contributed by atoms with Crippen LogP contribution >= 0.6 is 15.9 Å². The predicted molar refractivity (Wildman–Crippen MR) is 123 cm³/mol. The summed E-state index contributed by atoms with van der Waals surface area (Å²) in [5, 5.41) is 2.76. The average molecular weight is 482 g/mol. The second-order valence-corrected chi connectivity index (χ2v) is 7.96. The highest BCUT2D eigenvalue weighted by molar-refractivity contribution is 9.10. The van der Waals surface area contributed by atoms with Crippen LogP contribution in [0.5, 0.6) is 0 Å². The molecular weight excluding hydrogens is 462 g/mol. The van der Waals surface area contributed by atoms with Crippen LogP contribution in [0.25, 0.3) is 16.6 Å². The largest absolute Gasteiger partial charge is 0.465 e. The van der Waals surface area contributed by atoms with Gasteiger partial charge in [-0.05, 0) is 48.9 Å². The van der Waals surface area contributed by atoms with Crippen molar-refractivity contribution in [2.24, 2.45) is 0 Å². The molecule has 8 heteroatoms. The highest BCUT2D eigenvalue weighted by Crippen LogP contribution is 2.21. The van der Waals surface area contributed by atoms with E-state index in [1.165, 1.54) is 7.11 Å². The van der Waals surface area contributed by atoms with Crippen LogP contribution in [0.3, 0.4) is 0 Å². The summed E-state index contributed by atoms with van der Waals surface area (Å²) in [4.78, 5) is 37.4. The minimum absolute atomic E-state index is 0.105. The summed E-state index contributed by atoms with van der Waals surface area (Å²) in [6.07, 6.45) is 2.53. The molecular formula is C23H20BrN3O4. The Balaban J connectivity index is 1.53. The molecule has 0 aliphatic heterocycles. The first-order chi connectivity index (χ1) is 15.0. The number of nitrogens with zero attached hydrogens (tertiary/aromatic N) is 2. The number of anilines is 1. The number of amides is 1. The molecule has 0 saturated carbocycles. The van der Waals surface area contributed by atoms with Crippen molar-refractivity contribution < 1.29 is 14.3 Å². The molecule has 0 unspecified atom stereocenters. The van der Waals surface area contributed by atoms with Gasteiger partial charge in [0.1, 0.15) is 5.52 Å². The third kappa shape index (κ3) is 4.11. The molecule has 0 spiro atoms. The second-order valence-electron chi connectivity index (χ2n) is 7.04. The van der Waals surface area contributed by atoms with E-state index < -0.39 is 5.97 Å². The summed E-state index contributed by atoms with van der Waals surface area (Å²) in [5.74, 6) is -0.751. The lowest BCUT2D eigenvalue weighted by Crippen LogP contribution is -2.23. The fraction of sp³-hybridized carbons (Fsp3) is 0.174. The van der Waals surface area contributed by atoms with E-state index in [1.807, 2.05) is 34.9 Å². The fourth-order valence-corrected chi connectivity index (χ4v) is 3.99. The molecule has 0 bridgehead atoms. The van der Waals surface area contributed by atoms with Crippen molar-refractivity contribution in [2.45, 2.75) is 19.4 Å². The van der Waals surface area contributed by atoms with Crippen LogP contribution in [-0.4, -0.2) is 28.0 Å². The van der Waals surface area contributed by atoms with Crippen molar-refractivity contribution >= 4 is 50.0 Å². The number of nitrogens with one attached hydrogen (secondary N) is 1. The first-order valence-electron chi connectivity index (χ1n) is 9.76. The van der Waals surface area contributed by atoms with E-state index in [-0.39, 0.29) is 17.9 Å². The summed E-state index contributed by atoms with van der Waals surface area (Å²) in [7, 11) is 1.29. The van der Waals surface area contributed by atoms with Gasteiger partial charge in [-0.3, -0.25) is 9.59 Å². The molecule has 0 radical (unpaired) electrons. The molecule has 0 aliphatic rings. The van der Waals surface area contributed by atoms with Crippen LogP contribution in [-0.2, 0) is 16.1 Å². The number of rotatable bonds is 6. The number of hydrogen-bond acceptors (Lipinski definition) is 4. The van der Waals surface area contributed by atoms with Crippen LogP contribution < -0.4 is 10.9 Å². The molecule has 4 rings (SSSR count). The summed E-state index contributed by atoms with van der Waals surface area (Å²) >= 11 is 3.47. The third-order valence-electron chi connectivity index (χ3n) is 5.09. The summed E-state index contributed by atoms with van der Waals surface area (Å²) in [6, 6.07) is 16.1. The number of hydrogen-bond donors (Lipinski definition) is 1. The summed E-state index contributed by atoms with van der Waals surface area (Å²) < 4.78 is 9.20. The summed E-state index contributed by atoms with van der Waals surface area (Å²) in [5.41, 5.74) is 2.89. The van der Waals surface area contributed by atoms with Gasteiger partial charge in [-0.15, -0.1) is 0 Å². The van der Waals surface area contributed by atoms with Crippen molar-refractivity contribution in [1.29, 1.82) is 0 Å². The molecule has 2 heterocycles. The van der Waals surface area contributed by atoms with Crippen LogP contribution in [0.4, 0.5) is 5.69 Å². The van der Waals surface area contributed by atoms with Gasteiger partial charge in [-0.2, -0.15) is 0 Å². The van der Waals surface area contributed by atoms with Gasteiger partial charge in [-0.1, -0.05) is 28.1 Å². The Morgan fingerprint density at radius 3 is 2.65 bits per heavy atom. The van der Waals surface area contributed by atoms with Gasteiger partial charge in [0.25, 0.3) is 5.56 Å². The van der Waals surface area contributed by atoms with Crippen LogP contribution in [0.2, 0.25) is 0 Å². The normalized spacial score (nSPS) is 11.0. The Morgan fingerprint density at radius 1 is 1.03 bits per heavy atom. The first-order valence-corrected chi connectivity index (χ1v) is 10.5. The SMILES string of the molecule is COC(=O)c1ccccc1NC(=O)CCCn1c(=O)c2cccn2c2ccc(Br)cc21. The number of halogens is 1. The molecule has 2 aromatic carbocycles. The van der Waals surface area contributed by atoms with E-state index in [2.05, 4.69) is 21.2 Å². The maximum atomic E-state index is 13.0. The molecule has 31 heavy (non-hydrogen) atoms. The molecule has 7 nitrogen and oxygen atoms in total. The van der Waals surface area contributed by atoms with Gasteiger partial charge in [0.05, 0.1) is 29.4 Å². The van der Waals surface area contributed by atoms with E-state index in [0.29, 0.717) is 29.7 Å². The van der Waals surface area contributed by atoms with Crippen LogP contribution in [0.1, 0.15) is 23.2 Å². The Bertz CT molecular complexity index is 1360. The number of carbonyl (C=O) groups excluding carboxylic acids is 2. The Hall–Kier alpha value is -3.39. The van der Waals surface area contributed by atoms with Crippen molar-refractivity contribution in [3.8, 4) is 0 Å². The van der Waals surface area contributed by atoms with Gasteiger partial charge in [0.15, 0.2) is 0 Å². The van der Waals surface area contributed by atoms with Gasteiger partial charge in [0.2, 0.25) is 5.91 Å². The van der Waals surface area contributed by atoms with E-state index in [4.69, 9.17) is 4.74 Å². The fourth-order valence-electron chi connectivity index (χ4n) is 3.64. The third-order valence-corrected chi connectivity index (χ3v) is 5.59. The number of fused-ring (bicyclic) bond motifs is 3. The predicted octanol–water partition coefficient (Wildman–Crippen LogP) is 4.22. The number of aryl methyl sites for hydroxylation is 1. The Morgan fingerprint density at radius 2 is 1.84 bits per heavy atom. The molecule has 0 atom stereocenters. The number of carbonyl (C=O) groups is 2. The zero-order valence-corrected chi connectivity index (χ0v) is 18.4. The smallest absolute Gasteiger partial charge is 0.339 e. The zero-order valence-electron chi connectivity index (χ0n) is 16.8. The van der Waals surface area contributed by atoms with Crippen molar-refractivity contribution in [3.63, 3.8) is 0 Å². The van der Waals surface area contributed by atoms with Crippen molar-refractivity contribution in [1.82, 2.24) is 8.97 Å². The molecule has 1 N–H and O–H groups in total. The number of para-hydroxylation sites is 1. The Kier molecular flexibility index (Phi) is 5.90. The number of ether oxygens (including phenoxy) is 1. The Labute approximate surface area is 186 Å². The molecule has 158 valence electrons. The van der Waals surface area contributed by atoms with E-state index >= 15 is 0 Å². The zero-order chi connectivity index (χ0) is 22.0. The van der Waals surface area contributed by atoms with Crippen LogP contribution in [0, 0.1) is 0 Å². The molecule has 0 fully saturated rings. The second kappa shape index (κ2) is 8.77. The number of aromatic nitrogens is 2. The highest BCUT2D eigenvalue weighted by Gasteiger charge is 2.14. The number of methoxy groups -OCH3 is 1. The lowest BCUT2D eigenvalue weighted by atomic mass is 10.1. The minimum atomic E-state index is -0.514. The first kappa shape index (κ1) is 20.9. The number of esters is 1. The van der Waals surface area contributed by atoms with Gasteiger partial charge < -0.3 is 19.0 Å². The monoisotopic (exact) mass is 481 g/mol. The van der Waals surface area contributed by atoms with Crippen LogP contribution in [0.15, 0.2) is 70.1 Å². The number of benzene rings is 2. The maximum absolute atomic E-state index is 13.0. The van der Waals surface area contributed by atoms with Gasteiger partial charge in [-0.25, -0.2) is 4.79 Å². The minimum Gasteiger partial charge on any atom is -0.465 e. The standard InChI is InChI=1S/C23H20BrN3O4/c1-31-23(30)16-6-2-3-7-17(16)25-21(28)9-5-13-27-20-14-15(24)10-11-18(20)26-12-4-8-19(26)22(27)29/h2-4,6-8,10-12,14H,5,9,13H2,1H3,(H,25,28).